The Kier molecular flexibility index (Phi) is 3.50. The molecule has 1 aliphatic heterocycles. The molecule has 0 aliphatic carbocycles. The summed E-state index contributed by atoms with van der Waals surface area (Å²) in [6, 6.07) is 9.69. The van der Waals surface area contributed by atoms with Gasteiger partial charge in [0.05, 0.1) is 13.2 Å². The summed E-state index contributed by atoms with van der Waals surface area (Å²) in [7, 11) is 1.63. The van der Waals surface area contributed by atoms with Crippen LogP contribution in [0.5, 0.6) is 11.5 Å². The molecule has 1 saturated heterocycles. The number of rotatable bonds is 4. The van der Waals surface area contributed by atoms with E-state index in [1.165, 1.54) is 0 Å². The third kappa shape index (κ3) is 2.69. The Morgan fingerprint density at radius 1 is 1.35 bits per heavy atom. The lowest BCUT2D eigenvalue weighted by atomic mass is 10.0. The van der Waals surface area contributed by atoms with Crippen LogP contribution >= 0.6 is 0 Å². The van der Waals surface area contributed by atoms with Crippen molar-refractivity contribution in [1.29, 1.82) is 5.26 Å². The third-order valence-corrected chi connectivity index (χ3v) is 3.00. The standard InChI is InChI=1S/C13H16N2O2/c1-16-11-3-5-12(6-4-11)17-10-13(9-14)7-2-8-15-13/h3-6,15H,2,7-8,10H2,1H3. The van der Waals surface area contributed by atoms with Gasteiger partial charge in [-0.1, -0.05) is 0 Å². The Morgan fingerprint density at radius 2 is 2.06 bits per heavy atom. The first-order chi connectivity index (χ1) is 8.28. The molecule has 4 heteroatoms. The Hall–Kier alpha value is -1.73. The first kappa shape index (κ1) is 11.7. The summed E-state index contributed by atoms with van der Waals surface area (Å²) in [6.07, 6.45) is 1.87. The van der Waals surface area contributed by atoms with Crippen LogP contribution in [0.15, 0.2) is 24.3 Å². The molecule has 1 heterocycles. The van der Waals surface area contributed by atoms with Gasteiger partial charge in [-0.2, -0.15) is 5.26 Å². The molecule has 2 rings (SSSR count). The molecule has 1 aromatic rings. The fraction of sp³-hybridized carbons (Fsp3) is 0.462. The molecule has 1 aromatic carbocycles. The Bertz CT molecular complexity index is 402. The van der Waals surface area contributed by atoms with E-state index in [0.29, 0.717) is 6.61 Å². The van der Waals surface area contributed by atoms with Gasteiger partial charge in [-0.3, -0.25) is 5.32 Å². The summed E-state index contributed by atoms with van der Waals surface area (Å²) in [5.74, 6) is 1.56. The molecule has 17 heavy (non-hydrogen) atoms. The molecule has 1 atom stereocenters. The Labute approximate surface area is 101 Å². The summed E-state index contributed by atoms with van der Waals surface area (Å²) in [5, 5.41) is 12.4. The average Bonchev–Trinajstić information content (AvgIpc) is 2.86. The van der Waals surface area contributed by atoms with Crippen LogP contribution in [0.25, 0.3) is 0 Å². The van der Waals surface area contributed by atoms with Crippen molar-refractivity contribution < 1.29 is 9.47 Å². The lowest BCUT2D eigenvalue weighted by Gasteiger charge is -2.21. The van der Waals surface area contributed by atoms with Crippen LogP contribution in [0.4, 0.5) is 0 Å². The maximum atomic E-state index is 9.16. The van der Waals surface area contributed by atoms with E-state index in [4.69, 9.17) is 14.7 Å². The molecule has 4 nitrogen and oxygen atoms in total. The second-order valence-electron chi connectivity index (χ2n) is 4.19. The minimum Gasteiger partial charge on any atom is -0.497 e. The molecule has 1 fully saturated rings. The number of nitriles is 1. The second kappa shape index (κ2) is 5.07. The molecular weight excluding hydrogens is 216 g/mol. The molecule has 0 radical (unpaired) electrons. The van der Waals surface area contributed by atoms with Crippen molar-refractivity contribution in [2.75, 3.05) is 20.3 Å². The number of hydrogen-bond acceptors (Lipinski definition) is 4. The van der Waals surface area contributed by atoms with Gasteiger partial charge in [0.15, 0.2) is 0 Å². The zero-order valence-corrected chi connectivity index (χ0v) is 9.90. The van der Waals surface area contributed by atoms with Gasteiger partial charge < -0.3 is 9.47 Å². The lowest BCUT2D eigenvalue weighted by Crippen LogP contribution is -2.43. The van der Waals surface area contributed by atoms with Gasteiger partial charge in [0.1, 0.15) is 23.6 Å². The maximum Gasteiger partial charge on any atom is 0.141 e. The first-order valence-electron chi connectivity index (χ1n) is 5.71. The van der Waals surface area contributed by atoms with Crippen molar-refractivity contribution in [3.8, 4) is 17.6 Å². The number of nitrogens with one attached hydrogen (secondary N) is 1. The molecule has 1 aliphatic rings. The van der Waals surface area contributed by atoms with E-state index in [9.17, 15) is 0 Å². The van der Waals surface area contributed by atoms with Crippen molar-refractivity contribution >= 4 is 0 Å². The van der Waals surface area contributed by atoms with Gasteiger partial charge in [0.2, 0.25) is 0 Å². The van der Waals surface area contributed by atoms with E-state index < -0.39 is 5.54 Å². The van der Waals surface area contributed by atoms with Gasteiger partial charge in [-0.25, -0.2) is 0 Å². The number of nitrogens with zero attached hydrogens (tertiary/aromatic N) is 1. The van der Waals surface area contributed by atoms with Crippen LogP contribution in [0.2, 0.25) is 0 Å². The van der Waals surface area contributed by atoms with Crippen LogP contribution in [0.1, 0.15) is 12.8 Å². The summed E-state index contributed by atoms with van der Waals surface area (Å²) in [5.41, 5.74) is -0.514. The van der Waals surface area contributed by atoms with E-state index in [-0.39, 0.29) is 0 Å². The van der Waals surface area contributed by atoms with E-state index in [2.05, 4.69) is 11.4 Å². The second-order valence-corrected chi connectivity index (χ2v) is 4.19. The molecule has 90 valence electrons. The highest BCUT2D eigenvalue weighted by Gasteiger charge is 2.34. The molecule has 0 amide bonds. The fourth-order valence-corrected chi connectivity index (χ4v) is 1.94. The number of ether oxygens (including phenoxy) is 2. The minimum atomic E-state index is -0.514. The highest BCUT2D eigenvalue weighted by molar-refractivity contribution is 5.31. The van der Waals surface area contributed by atoms with Crippen molar-refractivity contribution in [3.63, 3.8) is 0 Å². The SMILES string of the molecule is COc1ccc(OCC2(C#N)CCCN2)cc1. The quantitative estimate of drug-likeness (QED) is 0.858. The van der Waals surface area contributed by atoms with Gasteiger partial charge in [-0.05, 0) is 43.7 Å². The van der Waals surface area contributed by atoms with Crippen molar-refractivity contribution in [2.24, 2.45) is 0 Å². The van der Waals surface area contributed by atoms with Gasteiger partial charge >= 0.3 is 0 Å². The Balaban J connectivity index is 1.95. The molecular formula is C13H16N2O2. The van der Waals surface area contributed by atoms with Gasteiger partial charge in [0, 0.05) is 0 Å². The maximum absolute atomic E-state index is 9.16. The summed E-state index contributed by atoms with van der Waals surface area (Å²) >= 11 is 0. The van der Waals surface area contributed by atoms with Gasteiger partial charge in [-0.15, -0.1) is 0 Å². The Morgan fingerprint density at radius 3 is 2.59 bits per heavy atom. The van der Waals surface area contributed by atoms with Crippen molar-refractivity contribution in [1.82, 2.24) is 5.32 Å². The van der Waals surface area contributed by atoms with E-state index in [1.54, 1.807) is 7.11 Å². The third-order valence-electron chi connectivity index (χ3n) is 3.00. The molecule has 1 N–H and O–H groups in total. The number of benzene rings is 1. The van der Waals surface area contributed by atoms with Crippen LogP contribution in [-0.4, -0.2) is 25.8 Å². The molecule has 0 spiro atoms. The van der Waals surface area contributed by atoms with Crippen LogP contribution in [0, 0.1) is 11.3 Å². The molecule has 0 aromatic heterocycles. The largest absolute Gasteiger partial charge is 0.497 e. The molecule has 1 unspecified atom stereocenters. The zero-order valence-electron chi connectivity index (χ0n) is 9.90. The van der Waals surface area contributed by atoms with Crippen LogP contribution in [0.3, 0.4) is 0 Å². The summed E-state index contributed by atoms with van der Waals surface area (Å²) in [6.45, 7) is 1.27. The normalized spacial score (nSPS) is 23.1. The van der Waals surface area contributed by atoms with Gasteiger partial charge in [0.25, 0.3) is 0 Å². The minimum absolute atomic E-state index is 0.385. The summed E-state index contributed by atoms with van der Waals surface area (Å²) in [4.78, 5) is 0. The summed E-state index contributed by atoms with van der Waals surface area (Å²) < 4.78 is 10.7. The van der Waals surface area contributed by atoms with E-state index in [0.717, 1.165) is 30.9 Å². The number of methoxy groups -OCH3 is 1. The first-order valence-corrected chi connectivity index (χ1v) is 5.71. The lowest BCUT2D eigenvalue weighted by molar-refractivity contribution is 0.238. The highest BCUT2D eigenvalue weighted by Crippen LogP contribution is 2.22. The molecule has 0 bridgehead atoms. The predicted molar refractivity (Wildman–Crippen MR) is 64.1 cm³/mol. The predicted octanol–water partition coefficient (Wildman–Crippen LogP) is 1.72. The monoisotopic (exact) mass is 232 g/mol. The van der Waals surface area contributed by atoms with E-state index in [1.807, 2.05) is 24.3 Å². The van der Waals surface area contributed by atoms with Crippen molar-refractivity contribution in [2.45, 2.75) is 18.4 Å². The topological polar surface area (TPSA) is 54.3 Å². The highest BCUT2D eigenvalue weighted by atomic mass is 16.5. The zero-order chi connectivity index (χ0) is 12.1. The number of hydrogen-bond donors (Lipinski definition) is 1. The molecule has 0 saturated carbocycles. The fourth-order valence-electron chi connectivity index (χ4n) is 1.94. The average molecular weight is 232 g/mol. The van der Waals surface area contributed by atoms with Crippen molar-refractivity contribution in [3.05, 3.63) is 24.3 Å². The van der Waals surface area contributed by atoms with Crippen LogP contribution < -0.4 is 14.8 Å². The smallest absolute Gasteiger partial charge is 0.141 e. The van der Waals surface area contributed by atoms with E-state index >= 15 is 0 Å². The van der Waals surface area contributed by atoms with Crippen LogP contribution in [-0.2, 0) is 0 Å².